The van der Waals surface area contributed by atoms with Crippen LogP contribution in [0.4, 0.5) is 4.39 Å². The zero-order valence-electron chi connectivity index (χ0n) is 11.2. The molecule has 0 heterocycles. The van der Waals surface area contributed by atoms with Gasteiger partial charge in [0.1, 0.15) is 5.82 Å². The normalized spacial score (nSPS) is 17.8. The monoisotopic (exact) mass is 333 g/mol. The molecule has 2 aromatic carbocycles. The summed E-state index contributed by atoms with van der Waals surface area (Å²) < 4.78 is 13.8. The molecule has 1 nitrogen and oxygen atoms in total. The second kappa shape index (κ2) is 6.06. The number of nitrogens with one attached hydrogen (secondary N) is 1. The SMILES string of the molecule is Fc1ccc(CNC2CCCc3ccccc32)cc1Br. The van der Waals surface area contributed by atoms with Crippen molar-refractivity contribution in [3.63, 3.8) is 0 Å². The maximum Gasteiger partial charge on any atom is 0.137 e. The predicted molar refractivity (Wildman–Crippen MR) is 83.1 cm³/mol. The van der Waals surface area contributed by atoms with Crippen molar-refractivity contribution >= 4 is 15.9 Å². The topological polar surface area (TPSA) is 12.0 Å². The van der Waals surface area contributed by atoms with Crippen molar-refractivity contribution in [2.45, 2.75) is 31.8 Å². The number of hydrogen-bond donors (Lipinski definition) is 1. The van der Waals surface area contributed by atoms with Crippen LogP contribution in [0.5, 0.6) is 0 Å². The highest BCUT2D eigenvalue weighted by Gasteiger charge is 2.18. The minimum absolute atomic E-state index is 0.211. The van der Waals surface area contributed by atoms with Gasteiger partial charge in [-0.25, -0.2) is 4.39 Å². The minimum Gasteiger partial charge on any atom is -0.306 e. The summed E-state index contributed by atoms with van der Waals surface area (Å²) in [5.41, 5.74) is 3.97. The van der Waals surface area contributed by atoms with Gasteiger partial charge in [0.25, 0.3) is 0 Å². The van der Waals surface area contributed by atoms with Crippen molar-refractivity contribution in [2.75, 3.05) is 0 Å². The number of aryl methyl sites for hydroxylation is 1. The van der Waals surface area contributed by atoms with Gasteiger partial charge in [-0.15, -0.1) is 0 Å². The summed E-state index contributed by atoms with van der Waals surface area (Å²) in [5, 5.41) is 3.60. The summed E-state index contributed by atoms with van der Waals surface area (Å²) in [6.45, 7) is 0.762. The van der Waals surface area contributed by atoms with E-state index in [1.165, 1.54) is 36.5 Å². The summed E-state index contributed by atoms with van der Waals surface area (Å²) in [6.07, 6.45) is 3.57. The number of fused-ring (bicyclic) bond motifs is 1. The number of rotatable bonds is 3. The molecule has 20 heavy (non-hydrogen) atoms. The summed E-state index contributed by atoms with van der Waals surface area (Å²) >= 11 is 3.24. The van der Waals surface area contributed by atoms with Crippen LogP contribution in [-0.4, -0.2) is 0 Å². The lowest BCUT2D eigenvalue weighted by atomic mass is 9.87. The Kier molecular flexibility index (Phi) is 4.18. The van der Waals surface area contributed by atoms with Gasteiger partial charge in [-0.2, -0.15) is 0 Å². The van der Waals surface area contributed by atoms with Gasteiger partial charge >= 0.3 is 0 Å². The van der Waals surface area contributed by atoms with Crippen LogP contribution < -0.4 is 5.32 Å². The van der Waals surface area contributed by atoms with Crippen LogP contribution in [0.3, 0.4) is 0 Å². The zero-order chi connectivity index (χ0) is 13.9. The van der Waals surface area contributed by atoms with Crippen LogP contribution in [0.2, 0.25) is 0 Å². The molecule has 2 aromatic rings. The maximum atomic E-state index is 13.2. The van der Waals surface area contributed by atoms with Crippen LogP contribution in [0.1, 0.15) is 35.6 Å². The standard InChI is InChI=1S/C17H17BrFN/c18-15-10-12(8-9-16(15)19)11-20-17-7-3-5-13-4-1-2-6-14(13)17/h1-2,4,6,8-10,17,20H,3,5,7,11H2. The van der Waals surface area contributed by atoms with Crippen molar-refractivity contribution in [1.29, 1.82) is 0 Å². The lowest BCUT2D eigenvalue weighted by Gasteiger charge is -2.26. The van der Waals surface area contributed by atoms with Crippen LogP contribution in [0, 0.1) is 5.82 Å². The van der Waals surface area contributed by atoms with E-state index in [9.17, 15) is 4.39 Å². The molecule has 0 fully saturated rings. The molecule has 1 aliphatic carbocycles. The number of benzene rings is 2. The van der Waals surface area contributed by atoms with E-state index in [2.05, 4.69) is 45.5 Å². The molecule has 3 rings (SSSR count). The largest absolute Gasteiger partial charge is 0.306 e. The Balaban J connectivity index is 1.71. The van der Waals surface area contributed by atoms with E-state index < -0.39 is 0 Å². The molecule has 0 aliphatic heterocycles. The van der Waals surface area contributed by atoms with Crippen molar-refractivity contribution in [3.05, 3.63) is 69.4 Å². The van der Waals surface area contributed by atoms with E-state index in [0.29, 0.717) is 10.5 Å². The molecule has 3 heteroatoms. The molecule has 0 aromatic heterocycles. The van der Waals surface area contributed by atoms with E-state index in [0.717, 1.165) is 12.1 Å². The van der Waals surface area contributed by atoms with Gasteiger partial charge in [-0.1, -0.05) is 30.3 Å². The lowest BCUT2D eigenvalue weighted by molar-refractivity contribution is 0.459. The van der Waals surface area contributed by atoms with E-state index >= 15 is 0 Å². The molecule has 1 unspecified atom stereocenters. The predicted octanol–water partition coefficient (Wildman–Crippen LogP) is 4.76. The Hall–Kier alpha value is -1.19. The van der Waals surface area contributed by atoms with E-state index in [1.807, 2.05) is 12.1 Å². The first kappa shape index (κ1) is 13.8. The first-order chi connectivity index (χ1) is 9.74. The molecule has 1 atom stereocenters. The van der Waals surface area contributed by atoms with Crippen molar-refractivity contribution in [2.24, 2.45) is 0 Å². The van der Waals surface area contributed by atoms with Crippen LogP contribution in [-0.2, 0) is 13.0 Å². The third kappa shape index (κ3) is 2.94. The second-order valence-corrected chi connectivity index (χ2v) is 6.13. The summed E-state index contributed by atoms with van der Waals surface area (Å²) in [7, 11) is 0. The quantitative estimate of drug-likeness (QED) is 0.854. The Labute approximate surface area is 127 Å². The van der Waals surface area contributed by atoms with Gasteiger partial charge in [0.2, 0.25) is 0 Å². The van der Waals surface area contributed by atoms with Crippen LogP contribution in [0.25, 0.3) is 0 Å². The third-order valence-corrected chi connectivity index (χ3v) is 4.51. The second-order valence-electron chi connectivity index (χ2n) is 5.27. The third-order valence-electron chi connectivity index (χ3n) is 3.91. The molecule has 0 bridgehead atoms. The van der Waals surface area contributed by atoms with Crippen molar-refractivity contribution in [3.8, 4) is 0 Å². The highest BCUT2D eigenvalue weighted by Crippen LogP contribution is 2.29. The fourth-order valence-corrected chi connectivity index (χ4v) is 3.28. The van der Waals surface area contributed by atoms with Crippen LogP contribution >= 0.6 is 15.9 Å². The van der Waals surface area contributed by atoms with Crippen molar-refractivity contribution < 1.29 is 4.39 Å². The molecular weight excluding hydrogens is 317 g/mol. The summed E-state index contributed by atoms with van der Waals surface area (Å²) in [5.74, 6) is -0.211. The molecule has 1 N–H and O–H groups in total. The zero-order valence-corrected chi connectivity index (χ0v) is 12.8. The summed E-state index contributed by atoms with van der Waals surface area (Å²) in [4.78, 5) is 0. The Bertz CT molecular complexity index is 612. The molecule has 0 spiro atoms. The number of hydrogen-bond acceptors (Lipinski definition) is 1. The highest BCUT2D eigenvalue weighted by molar-refractivity contribution is 9.10. The number of halogens is 2. The molecule has 1 aliphatic rings. The average molecular weight is 334 g/mol. The van der Waals surface area contributed by atoms with Gasteiger partial charge < -0.3 is 5.32 Å². The van der Waals surface area contributed by atoms with Gasteiger partial charge in [0, 0.05) is 12.6 Å². The van der Waals surface area contributed by atoms with E-state index in [4.69, 9.17) is 0 Å². The first-order valence-corrected chi connectivity index (χ1v) is 7.78. The first-order valence-electron chi connectivity index (χ1n) is 6.99. The fraction of sp³-hybridized carbons (Fsp3) is 0.294. The molecule has 0 radical (unpaired) electrons. The van der Waals surface area contributed by atoms with Crippen LogP contribution in [0.15, 0.2) is 46.9 Å². The Morgan fingerprint density at radius 3 is 2.90 bits per heavy atom. The van der Waals surface area contributed by atoms with Gasteiger partial charge in [-0.05, 0) is 64.0 Å². The summed E-state index contributed by atoms with van der Waals surface area (Å²) in [6, 6.07) is 14.2. The van der Waals surface area contributed by atoms with Crippen molar-refractivity contribution in [1.82, 2.24) is 5.32 Å². The van der Waals surface area contributed by atoms with Gasteiger partial charge in [0.15, 0.2) is 0 Å². The molecule has 0 amide bonds. The smallest absolute Gasteiger partial charge is 0.137 e. The maximum absolute atomic E-state index is 13.2. The molecule has 0 saturated carbocycles. The molecular formula is C17H17BrFN. The van der Waals surface area contributed by atoms with E-state index in [1.54, 1.807) is 0 Å². The molecule has 104 valence electrons. The Morgan fingerprint density at radius 1 is 1.20 bits per heavy atom. The van der Waals surface area contributed by atoms with E-state index in [-0.39, 0.29) is 5.82 Å². The average Bonchev–Trinajstić information content (AvgIpc) is 2.48. The molecule has 0 saturated heterocycles. The van der Waals surface area contributed by atoms with Gasteiger partial charge in [0.05, 0.1) is 4.47 Å². The lowest BCUT2D eigenvalue weighted by Crippen LogP contribution is -2.24. The fourth-order valence-electron chi connectivity index (χ4n) is 2.86. The highest BCUT2D eigenvalue weighted by atomic mass is 79.9. The Morgan fingerprint density at radius 2 is 2.05 bits per heavy atom. The van der Waals surface area contributed by atoms with Gasteiger partial charge in [-0.3, -0.25) is 0 Å². The minimum atomic E-state index is -0.211.